The predicted octanol–water partition coefficient (Wildman–Crippen LogP) is 4.64. The number of aromatic nitrogens is 1. The number of halogens is 1. The van der Waals surface area contributed by atoms with E-state index in [0.29, 0.717) is 17.2 Å². The molecule has 4 heteroatoms. The second kappa shape index (κ2) is 6.29. The number of ether oxygens (including phenoxy) is 1. The van der Waals surface area contributed by atoms with Crippen molar-refractivity contribution >= 4 is 16.6 Å². The van der Waals surface area contributed by atoms with Crippen LogP contribution in [-0.2, 0) is 0 Å². The number of nitrogens with zero attached hydrogens (tertiary/aromatic N) is 1. The van der Waals surface area contributed by atoms with Crippen LogP contribution in [0.25, 0.3) is 10.9 Å². The lowest BCUT2D eigenvalue weighted by Crippen LogP contribution is -2.09. The largest absolute Gasteiger partial charge is 0.496 e. The Hall–Kier alpha value is -1.84. The van der Waals surface area contributed by atoms with Gasteiger partial charge in [-0.1, -0.05) is 20.8 Å². The molecule has 0 unspecified atom stereocenters. The maximum absolute atomic E-state index is 14.2. The number of methoxy groups -OCH3 is 1. The van der Waals surface area contributed by atoms with E-state index in [1.54, 1.807) is 13.2 Å². The number of anilines is 1. The Bertz CT molecular complexity index is 653. The first-order valence-corrected chi connectivity index (χ1v) is 7.41. The van der Waals surface area contributed by atoms with Gasteiger partial charge in [0.05, 0.1) is 18.2 Å². The van der Waals surface area contributed by atoms with Crippen LogP contribution in [0.1, 0.15) is 44.4 Å². The average molecular weight is 290 g/mol. The van der Waals surface area contributed by atoms with Crippen LogP contribution in [0.5, 0.6) is 5.75 Å². The minimum absolute atomic E-state index is 0.300. The maximum Gasteiger partial charge on any atom is 0.149 e. The highest BCUT2D eigenvalue weighted by atomic mass is 19.1. The first kappa shape index (κ1) is 15.5. The predicted molar refractivity (Wildman–Crippen MR) is 85.9 cm³/mol. The first-order chi connectivity index (χ1) is 10.0. The van der Waals surface area contributed by atoms with Crippen molar-refractivity contribution in [2.45, 2.75) is 40.0 Å². The molecule has 0 fully saturated rings. The van der Waals surface area contributed by atoms with E-state index in [0.717, 1.165) is 35.3 Å². The third-order valence-electron chi connectivity index (χ3n) is 3.63. The highest BCUT2D eigenvalue weighted by Gasteiger charge is 2.20. The highest BCUT2D eigenvalue weighted by Crippen LogP contribution is 2.39. The smallest absolute Gasteiger partial charge is 0.149 e. The molecule has 0 radical (unpaired) electrons. The molecule has 2 rings (SSSR count). The monoisotopic (exact) mass is 290 g/mol. The molecule has 0 saturated carbocycles. The summed E-state index contributed by atoms with van der Waals surface area (Å²) in [7, 11) is 1.60. The fourth-order valence-corrected chi connectivity index (χ4v) is 2.75. The number of nitrogens with one attached hydrogen (secondary N) is 1. The molecule has 0 saturated heterocycles. The van der Waals surface area contributed by atoms with Crippen molar-refractivity contribution in [1.29, 1.82) is 0 Å². The van der Waals surface area contributed by atoms with Gasteiger partial charge < -0.3 is 10.1 Å². The lowest BCUT2D eigenvalue weighted by Gasteiger charge is -2.20. The summed E-state index contributed by atoms with van der Waals surface area (Å²) in [6.07, 6.45) is 0.998. The SMILES string of the molecule is CCCNc1c(C(C)C)c(C)nc2c(F)ccc(OC)c12. The van der Waals surface area contributed by atoms with Crippen molar-refractivity contribution in [3.8, 4) is 5.75 Å². The Morgan fingerprint density at radius 1 is 1.33 bits per heavy atom. The van der Waals surface area contributed by atoms with Gasteiger partial charge in [-0.2, -0.15) is 0 Å². The number of pyridine rings is 1. The minimum atomic E-state index is -0.316. The molecule has 0 amide bonds. The molecule has 0 aliphatic heterocycles. The summed E-state index contributed by atoms with van der Waals surface area (Å²) in [5, 5.41) is 4.18. The summed E-state index contributed by atoms with van der Waals surface area (Å²) in [6.45, 7) is 9.12. The lowest BCUT2D eigenvalue weighted by molar-refractivity contribution is 0.419. The third-order valence-corrected chi connectivity index (χ3v) is 3.63. The average Bonchev–Trinajstić information content (AvgIpc) is 2.45. The van der Waals surface area contributed by atoms with Crippen LogP contribution in [0, 0.1) is 12.7 Å². The van der Waals surface area contributed by atoms with Crippen molar-refractivity contribution < 1.29 is 9.13 Å². The van der Waals surface area contributed by atoms with Crippen LogP contribution in [0.2, 0.25) is 0 Å². The number of benzene rings is 1. The standard InChI is InChI=1S/C17H23FN2O/c1-6-9-19-17-14(10(2)3)11(4)20-16-12(18)7-8-13(21-5)15(16)17/h7-8,10H,6,9H2,1-5H3,(H,19,20). The van der Waals surface area contributed by atoms with E-state index in [1.165, 1.54) is 6.07 Å². The van der Waals surface area contributed by atoms with E-state index in [9.17, 15) is 4.39 Å². The van der Waals surface area contributed by atoms with Gasteiger partial charge in [-0.05, 0) is 37.0 Å². The topological polar surface area (TPSA) is 34.2 Å². The third kappa shape index (κ3) is 2.80. The number of hydrogen-bond acceptors (Lipinski definition) is 3. The van der Waals surface area contributed by atoms with Gasteiger partial charge in [0.15, 0.2) is 0 Å². The van der Waals surface area contributed by atoms with Crippen LogP contribution >= 0.6 is 0 Å². The van der Waals surface area contributed by atoms with Crippen LogP contribution in [0.15, 0.2) is 12.1 Å². The zero-order valence-electron chi connectivity index (χ0n) is 13.4. The Morgan fingerprint density at radius 2 is 2.05 bits per heavy atom. The van der Waals surface area contributed by atoms with Crippen molar-refractivity contribution in [3.63, 3.8) is 0 Å². The fourth-order valence-electron chi connectivity index (χ4n) is 2.75. The molecular weight excluding hydrogens is 267 g/mol. The van der Waals surface area contributed by atoms with Crippen molar-refractivity contribution in [3.05, 3.63) is 29.2 Å². The number of rotatable bonds is 5. The second-order valence-corrected chi connectivity index (χ2v) is 5.54. The Labute approximate surface area is 125 Å². The lowest BCUT2D eigenvalue weighted by atomic mass is 9.96. The molecule has 1 N–H and O–H groups in total. The molecule has 0 bridgehead atoms. The molecule has 0 aliphatic rings. The molecule has 3 nitrogen and oxygen atoms in total. The molecule has 1 aromatic heterocycles. The highest BCUT2D eigenvalue weighted by molar-refractivity contribution is 5.98. The van der Waals surface area contributed by atoms with Gasteiger partial charge in [0.25, 0.3) is 0 Å². The summed E-state index contributed by atoms with van der Waals surface area (Å²) in [6, 6.07) is 3.07. The first-order valence-electron chi connectivity index (χ1n) is 7.41. The normalized spacial score (nSPS) is 11.2. The summed E-state index contributed by atoms with van der Waals surface area (Å²) in [5.74, 6) is 0.636. The van der Waals surface area contributed by atoms with Crippen LogP contribution in [0.3, 0.4) is 0 Å². The van der Waals surface area contributed by atoms with E-state index >= 15 is 0 Å². The van der Waals surface area contributed by atoms with E-state index in [4.69, 9.17) is 4.74 Å². The Balaban J connectivity index is 2.87. The fraction of sp³-hybridized carbons (Fsp3) is 0.471. The number of aryl methyl sites for hydroxylation is 1. The number of hydrogen-bond donors (Lipinski definition) is 1. The molecule has 0 spiro atoms. The van der Waals surface area contributed by atoms with E-state index in [1.807, 2.05) is 6.92 Å². The molecule has 1 aromatic carbocycles. The van der Waals surface area contributed by atoms with E-state index in [2.05, 4.69) is 31.1 Å². The maximum atomic E-state index is 14.2. The minimum Gasteiger partial charge on any atom is -0.496 e. The second-order valence-electron chi connectivity index (χ2n) is 5.54. The van der Waals surface area contributed by atoms with Crippen LogP contribution < -0.4 is 10.1 Å². The van der Waals surface area contributed by atoms with Gasteiger partial charge in [-0.3, -0.25) is 0 Å². The van der Waals surface area contributed by atoms with Crippen LogP contribution in [-0.4, -0.2) is 18.6 Å². The van der Waals surface area contributed by atoms with E-state index in [-0.39, 0.29) is 5.82 Å². The molecular formula is C17H23FN2O. The number of fused-ring (bicyclic) bond motifs is 1. The van der Waals surface area contributed by atoms with Gasteiger partial charge in [-0.15, -0.1) is 0 Å². The summed E-state index contributed by atoms with van der Waals surface area (Å²) >= 11 is 0. The van der Waals surface area contributed by atoms with Gasteiger partial charge >= 0.3 is 0 Å². The summed E-state index contributed by atoms with van der Waals surface area (Å²) in [5.41, 5.74) is 3.31. The van der Waals surface area contributed by atoms with Gasteiger partial charge in [0, 0.05) is 12.2 Å². The molecule has 114 valence electrons. The van der Waals surface area contributed by atoms with Gasteiger partial charge in [0.1, 0.15) is 17.1 Å². The Morgan fingerprint density at radius 3 is 2.62 bits per heavy atom. The quantitative estimate of drug-likeness (QED) is 0.871. The van der Waals surface area contributed by atoms with E-state index < -0.39 is 0 Å². The zero-order chi connectivity index (χ0) is 15.6. The Kier molecular flexibility index (Phi) is 4.66. The van der Waals surface area contributed by atoms with Crippen molar-refractivity contribution in [2.75, 3.05) is 19.0 Å². The van der Waals surface area contributed by atoms with Gasteiger partial charge in [-0.25, -0.2) is 9.37 Å². The van der Waals surface area contributed by atoms with Crippen molar-refractivity contribution in [1.82, 2.24) is 4.98 Å². The molecule has 2 aromatic rings. The molecule has 0 aliphatic carbocycles. The summed E-state index contributed by atoms with van der Waals surface area (Å²) in [4.78, 5) is 4.48. The summed E-state index contributed by atoms with van der Waals surface area (Å²) < 4.78 is 19.6. The molecule has 1 heterocycles. The van der Waals surface area contributed by atoms with Gasteiger partial charge in [0.2, 0.25) is 0 Å². The van der Waals surface area contributed by atoms with Crippen molar-refractivity contribution in [2.24, 2.45) is 0 Å². The molecule has 21 heavy (non-hydrogen) atoms. The zero-order valence-corrected chi connectivity index (χ0v) is 13.4. The van der Waals surface area contributed by atoms with Crippen LogP contribution in [0.4, 0.5) is 10.1 Å². The molecule has 0 atom stereocenters.